The molecule has 1 heterocycles. The van der Waals surface area contributed by atoms with Gasteiger partial charge in [0.1, 0.15) is 18.7 Å². The highest BCUT2D eigenvalue weighted by Crippen LogP contribution is 2.33. The van der Waals surface area contributed by atoms with Crippen molar-refractivity contribution in [2.75, 3.05) is 11.5 Å². The number of rotatable bonds is 10. The Hall–Kier alpha value is -3.19. The number of hydrogen-bond acceptors (Lipinski definition) is 6. The number of para-hydroxylation sites is 1. The lowest BCUT2D eigenvalue weighted by atomic mass is 10.1. The maximum Gasteiger partial charge on any atom is 0.329 e. The minimum atomic E-state index is -0.755. The van der Waals surface area contributed by atoms with E-state index < -0.39 is 24.1 Å². The van der Waals surface area contributed by atoms with Gasteiger partial charge in [-0.15, -0.1) is 0 Å². The van der Waals surface area contributed by atoms with E-state index in [0.717, 1.165) is 17.5 Å². The van der Waals surface area contributed by atoms with Gasteiger partial charge in [0.15, 0.2) is 0 Å². The molecule has 0 spiro atoms. The lowest BCUT2D eigenvalue weighted by molar-refractivity contribution is -0.148. The van der Waals surface area contributed by atoms with Crippen molar-refractivity contribution in [2.24, 2.45) is 0 Å². The molecule has 1 unspecified atom stereocenters. The third-order valence-corrected chi connectivity index (χ3v) is 5.68. The minimum absolute atomic E-state index is 0.143. The smallest absolute Gasteiger partial charge is 0.329 e. The molecule has 1 amide bonds. The second kappa shape index (κ2) is 11.6. The van der Waals surface area contributed by atoms with E-state index in [2.05, 4.69) is 5.32 Å². The molecule has 0 saturated heterocycles. The van der Waals surface area contributed by atoms with Crippen molar-refractivity contribution in [3.05, 3.63) is 65.7 Å². The molecule has 1 aliphatic rings. The number of ether oxygens (including phenoxy) is 2. The summed E-state index contributed by atoms with van der Waals surface area (Å²) < 4.78 is 10.7. The zero-order valence-electron chi connectivity index (χ0n) is 19.5. The van der Waals surface area contributed by atoms with Gasteiger partial charge in [0.2, 0.25) is 5.91 Å². The Morgan fingerprint density at radius 2 is 1.73 bits per heavy atom. The van der Waals surface area contributed by atoms with E-state index >= 15 is 0 Å². The SMILES string of the molecule is CCC[C@H](N[C@@H](C)C(=O)N1c2ccccc2CC1C(=O)OCc1ccccc1)C(=O)OCC. The number of carbonyl (C=O) groups excluding carboxylic acids is 3. The number of anilines is 1. The van der Waals surface area contributed by atoms with Crippen LogP contribution in [0.15, 0.2) is 54.6 Å². The molecule has 0 saturated carbocycles. The molecule has 0 fully saturated rings. The monoisotopic (exact) mass is 452 g/mol. The molecule has 7 heteroatoms. The van der Waals surface area contributed by atoms with Crippen LogP contribution < -0.4 is 10.2 Å². The molecule has 176 valence electrons. The molecule has 2 aromatic carbocycles. The van der Waals surface area contributed by atoms with Gasteiger partial charge in [-0.1, -0.05) is 61.9 Å². The molecule has 33 heavy (non-hydrogen) atoms. The zero-order valence-corrected chi connectivity index (χ0v) is 19.5. The Labute approximate surface area is 195 Å². The number of nitrogens with one attached hydrogen (secondary N) is 1. The van der Waals surface area contributed by atoms with Gasteiger partial charge < -0.3 is 9.47 Å². The van der Waals surface area contributed by atoms with Gasteiger partial charge >= 0.3 is 11.9 Å². The zero-order chi connectivity index (χ0) is 23.8. The van der Waals surface area contributed by atoms with Crippen molar-refractivity contribution < 1.29 is 23.9 Å². The quantitative estimate of drug-likeness (QED) is 0.556. The molecule has 0 radical (unpaired) electrons. The summed E-state index contributed by atoms with van der Waals surface area (Å²) in [5.74, 6) is -1.11. The average Bonchev–Trinajstić information content (AvgIpc) is 3.22. The average molecular weight is 453 g/mol. The van der Waals surface area contributed by atoms with Gasteiger partial charge in [0.25, 0.3) is 0 Å². The first kappa shape index (κ1) is 24.5. The van der Waals surface area contributed by atoms with E-state index in [-0.39, 0.29) is 25.1 Å². The molecule has 2 aromatic rings. The molecule has 1 aliphatic heterocycles. The van der Waals surface area contributed by atoms with Crippen molar-refractivity contribution in [2.45, 2.75) is 64.8 Å². The summed E-state index contributed by atoms with van der Waals surface area (Å²) in [6.45, 7) is 5.84. The molecular formula is C26H32N2O5. The van der Waals surface area contributed by atoms with Crippen molar-refractivity contribution in [3.63, 3.8) is 0 Å². The highest BCUT2D eigenvalue weighted by Gasteiger charge is 2.41. The van der Waals surface area contributed by atoms with E-state index in [1.807, 2.05) is 61.5 Å². The van der Waals surface area contributed by atoms with Crippen LogP contribution in [0.3, 0.4) is 0 Å². The summed E-state index contributed by atoms with van der Waals surface area (Å²) in [5, 5.41) is 3.11. The van der Waals surface area contributed by atoms with Crippen LogP contribution in [0, 0.1) is 0 Å². The Bertz CT molecular complexity index is 962. The van der Waals surface area contributed by atoms with Gasteiger partial charge in [0.05, 0.1) is 12.6 Å². The number of fused-ring (bicyclic) bond motifs is 1. The van der Waals surface area contributed by atoms with Crippen LogP contribution in [0.5, 0.6) is 0 Å². The fourth-order valence-corrected chi connectivity index (χ4v) is 4.05. The molecule has 1 N–H and O–H groups in total. The van der Waals surface area contributed by atoms with Crippen molar-refractivity contribution in [3.8, 4) is 0 Å². The van der Waals surface area contributed by atoms with Crippen molar-refractivity contribution in [1.29, 1.82) is 0 Å². The van der Waals surface area contributed by atoms with Crippen molar-refractivity contribution >= 4 is 23.5 Å². The third kappa shape index (κ3) is 5.99. The molecule has 7 nitrogen and oxygen atoms in total. The lowest BCUT2D eigenvalue weighted by Crippen LogP contribution is -2.54. The minimum Gasteiger partial charge on any atom is -0.465 e. The van der Waals surface area contributed by atoms with E-state index in [0.29, 0.717) is 18.5 Å². The Kier molecular flexibility index (Phi) is 8.60. The fourth-order valence-electron chi connectivity index (χ4n) is 4.05. The summed E-state index contributed by atoms with van der Waals surface area (Å²) >= 11 is 0. The molecule has 3 rings (SSSR count). The predicted molar refractivity (Wildman–Crippen MR) is 126 cm³/mol. The first-order valence-electron chi connectivity index (χ1n) is 11.5. The molecular weight excluding hydrogens is 420 g/mol. The summed E-state index contributed by atoms with van der Waals surface area (Å²) in [6, 6.07) is 14.9. The maximum atomic E-state index is 13.5. The first-order chi connectivity index (χ1) is 16.0. The Morgan fingerprint density at radius 3 is 2.42 bits per heavy atom. The standard InChI is InChI=1S/C26H32N2O5/c1-4-11-21(25(30)32-5-2)27-18(3)24(29)28-22-15-10-9-14-20(22)16-23(28)26(31)33-17-19-12-7-6-8-13-19/h6-10,12-15,18,21,23,27H,4-5,11,16-17H2,1-3H3/t18-,21-,23?/m0/s1. The fraction of sp³-hybridized carbons (Fsp3) is 0.423. The van der Waals surface area contributed by atoms with E-state index in [1.54, 1.807) is 13.8 Å². The summed E-state index contributed by atoms with van der Waals surface area (Å²) in [4.78, 5) is 40.4. The van der Waals surface area contributed by atoms with Crippen LogP contribution in [0.1, 0.15) is 44.7 Å². The number of benzene rings is 2. The number of hydrogen-bond donors (Lipinski definition) is 1. The van der Waals surface area contributed by atoms with E-state index in [1.165, 1.54) is 4.90 Å². The lowest BCUT2D eigenvalue weighted by Gasteiger charge is -2.29. The summed E-state index contributed by atoms with van der Waals surface area (Å²) in [6.07, 6.45) is 1.70. The topological polar surface area (TPSA) is 84.9 Å². The van der Waals surface area contributed by atoms with Gasteiger partial charge in [-0.3, -0.25) is 19.8 Å². The molecule has 0 aliphatic carbocycles. The molecule has 0 aromatic heterocycles. The Balaban J connectivity index is 1.76. The van der Waals surface area contributed by atoms with Crippen LogP contribution in [-0.2, 0) is 36.9 Å². The van der Waals surface area contributed by atoms with Crippen LogP contribution in [-0.4, -0.2) is 42.6 Å². The maximum absolute atomic E-state index is 13.5. The first-order valence-corrected chi connectivity index (χ1v) is 11.5. The second-order valence-corrected chi connectivity index (χ2v) is 8.13. The van der Waals surface area contributed by atoms with Crippen molar-refractivity contribution in [1.82, 2.24) is 5.32 Å². The van der Waals surface area contributed by atoms with E-state index in [4.69, 9.17) is 9.47 Å². The number of carbonyl (C=O) groups is 3. The van der Waals surface area contributed by atoms with E-state index in [9.17, 15) is 14.4 Å². The number of nitrogens with zero attached hydrogens (tertiary/aromatic N) is 1. The van der Waals surface area contributed by atoms with Crippen LogP contribution >= 0.6 is 0 Å². The van der Waals surface area contributed by atoms with Crippen LogP contribution in [0.4, 0.5) is 5.69 Å². The second-order valence-electron chi connectivity index (χ2n) is 8.13. The van der Waals surface area contributed by atoms with Gasteiger partial charge in [0, 0.05) is 12.1 Å². The number of amides is 1. The normalized spacial score (nSPS) is 16.6. The predicted octanol–water partition coefficient (Wildman–Crippen LogP) is 3.40. The number of esters is 2. The molecule has 0 bridgehead atoms. The van der Waals surface area contributed by atoms with Gasteiger partial charge in [-0.25, -0.2) is 4.79 Å². The Morgan fingerprint density at radius 1 is 1.03 bits per heavy atom. The van der Waals surface area contributed by atoms with Gasteiger partial charge in [-0.05, 0) is 37.5 Å². The van der Waals surface area contributed by atoms with Crippen LogP contribution in [0.25, 0.3) is 0 Å². The summed E-state index contributed by atoms with van der Waals surface area (Å²) in [5.41, 5.74) is 2.49. The summed E-state index contributed by atoms with van der Waals surface area (Å²) in [7, 11) is 0. The highest BCUT2D eigenvalue weighted by atomic mass is 16.5. The molecule has 3 atom stereocenters. The highest BCUT2D eigenvalue weighted by molar-refractivity contribution is 6.04. The third-order valence-electron chi connectivity index (χ3n) is 5.68. The van der Waals surface area contributed by atoms with Crippen LogP contribution in [0.2, 0.25) is 0 Å². The van der Waals surface area contributed by atoms with Gasteiger partial charge in [-0.2, -0.15) is 0 Å². The largest absolute Gasteiger partial charge is 0.465 e.